The summed E-state index contributed by atoms with van der Waals surface area (Å²) in [6.07, 6.45) is -4.96. The van der Waals surface area contributed by atoms with Gasteiger partial charge in [-0.2, -0.15) is 0 Å². The highest BCUT2D eigenvalue weighted by Crippen LogP contribution is 2.30. The first kappa shape index (κ1) is 11.1. The fraction of sp³-hybridized carbons (Fsp3) is 0.125. The monoisotopic (exact) mass is 253 g/mol. The zero-order valence-corrected chi connectivity index (χ0v) is 8.27. The summed E-state index contributed by atoms with van der Waals surface area (Å²) in [4.78, 5) is 3.63. The highest BCUT2D eigenvalue weighted by molar-refractivity contribution is 7.80. The third kappa shape index (κ3) is 2.21. The molecule has 1 aromatic carbocycles. The van der Waals surface area contributed by atoms with Crippen LogP contribution in [0.25, 0.3) is 11.1 Å². The Labute approximate surface area is 91.4 Å². The molecule has 1 aromatic heterocycles. The smallest absolute Gasteiger partial charge is 0.431 e. The van der Waals surface area contributed by atoms with E-state index in [2.05, 4.69) is 22.3 Å². The SMILES string of the molecule is Fc1cc2oc(S)nc2cc1OC(F)(F)F. The molecule has 0 bridgehead atoms. The van der Waals surface area contributed by atoms with Gasteiger partial charge >= 0.3 is 6.36 Å². The Morgan fingerprint density at radius 1 is 1.31 bits per heavy atom. The largest absolute Gasteiger partial charge is 0.573 e. The number of thiol groups is 1. The molecule has 2 rings (SSSR count). The van der Waals surface area contributed by atoms with Crippen LogP contribution in [-0.2, 0) is 0 Å². The molecule has 2 aromatic rings. The molecule has 0 unspecified atom stereocenters. The number of oxazole rings is 1. The zero-order valence-electron chi connectivity index (χ0n) is 7.38. The summed E-state index contributed by atoms with van der Waals surface area (Å²) in [5.41, 5.74) is 0.0303. The van der Waals surface area contributed by atoms with E-state index in [9.17, 15) is 17.6 Å². The third-order valence-electron chi connectivity index (χ3n) is 1.66. The van der Waals surface area contributed by atoms with Crippen LogP contribution in [-0.4, -0.2) is 11.3 Å². The van der Waals surface area contributed by atoms with Gasteiger partial charge in [-0.3, -0.25) is 0 Å². The molecule has 0 atom stereocenters. The van der Waals surface area contributed by atoms with E-state index in [1.54, 1.807) is 0 Å². The average molecular weight is 253 g/mol. The summed E-state index contributed by atoms with van der Waals surface area (Å²) < 4.78 is 57.0. The van der Waals surface area contributed by atoms with Crippen LogP contribution in [0.15, 0.2) is 21.8 Å². The molecule has 0 spiro atoms. The van der Waals surface area contributed by atoms with Gasteiger partial charge in [-0.15, -0.1) is 13.2 Å². The van der Waals surface area contributed by atoms with Gasteiger partial charge in [-0.1, -0.05) is 12.6 Å². The molecule has 0 aliphatic rings. The standard InChI is InChI=1S/C8H3F4NO2S/c9-3-1-6-4(13-7(16)14-6)2-5(3)15-8(10,11)12/h1-2H,(H,13,16). The van der Waals surface area contributed by atoms with Crippen LogP contribution >= 0.6 is 12.6 Å². The number of ether oxygens (including phenoxy) is 1. The van der Waals surface area contributed by atoms with Crippen LogP contribution in [0.4, 0.5) is 17.6 Å². The van der Waals surface area contributed by atoms with Gasteiger partial charge in [-0.25, -0.2) is 9.37 Å². The number of hydrogen-bond acceptors (Lipinski definition) is 4. The van der Waals surface area contributed by atoms with Crippen molar-refractivity contribution in [1.82, 2.24) is 4.98 Å². The first-order valence-corrected chi connectivity index (χ1v) is 4.35. The summed E-state index contributed by atoms with van der Waals surface area (Å²) in [6.45, 7) is 0. The molecule has 0 N–H and O–H groups in total. The number of halogens is 4. The van der Waals surface area contributed by atoms with Crippen molar-refractivity contribution >= 4 is 23.7 Å². The van der Waals surface area contributed by atoms with Gasteiger partial charge in [0.1, 0.15) is 5.52 Å². The lowest BCUT2D eigenvalue weighted by molar-refractivity contribution is -0.275. The van der Waals surface area contributed by atoms with Crippen LogP contribution in [0.5, 0.6) is 5.75 Å². The van der Waals surface area contributed by atoms with E-state index < -0.39 is 17.9 Å². The Morgan fingerprint density at radius 2 is 2.00 bits per heavy atom. The number of fused-ring (bicyclic) bond motifs is 1. The number of aromatic nitrogens is 1. The van der Waals surface area contributed by atoms with Crippen molar-refractivity contribution in [2.75, 3.05) is 0 Å². The molecular weight excluding hydrogens is 250 g/mol. The maximum atomic E-state index is 13.1. The van der Waals surface area contributed by atoms with Crippen molar-refractivity contribution in [3.05, 3.63) is 17.9 Å². The molecule has 16 heavy (non-hydrogen) atoms. The van der Waals surface area contributed by atoms with Gasteiger partial charge in [0.25, 0.3) is 5.22 Å². The molecular formula is C8H3F4NO2S. The number of nitrogens with zero attached hydrogens (tertiary/aromatic N) is 1. The van der Waals surface area contributed by atoms with Gasteiger partial charge in [0.05, 0.1) is 0 Å². The van der Waals surface area contributed by atoms with E-state index in [1.165, 1.54) is 0 Å². The second kappa shape index (κ2) is 3.55. The molecule has 86 valence electrons. The Kier molecular flexibility index (Phi) is 2.45. The predicted octanol–water partition coefficient (Wildman–Crippen LogP) is 3.15. The highest BCUT2D eigenvalue weighted by Gasteiger charge is 2.32. The maximum Gasteiger partial charge on any atom is 0.573 e. The van der Waals surface area contributed by atoms with E-state index in [-0.39, 0.29) is 16.3 Å². The number of benzene rings is 1. The van der Waals surface area contributed by atoms with Crippen molar-refractivity contribution in [3.8, 4) is 5.75 Å². The van der Waals surface area contributed by atoms with Gasteiger partial charge in [-0.05, 0) is 0 Å². The van der Waals surface area contributed by atoms with E-state index >= 15 is 0 Å². The Bertz CT molecular complexity index is 537. The quantitative estimate of drug-likeness (QED) is 0.626. The van der Waals surface area contributed by atoms with Crippen LogP contribution in [0.1, 0.15) is 0 Å². The highest BCUT2D eigenvalue weighted by atomic mass is 32.1. The van der Waals surface area contributed by atoms with Gasteiger partial charge < -0.3 is 9.15 Å². The minimum atomic E-state index is -4.96. The van der Waals surface area contributed by atoms with E-state index in [1.807, 2.05) is 0 Å². The molecule has 0 saturated carbocycles. The zero-order chi connectivity index (χ0) is 11.9. The molecule has 0 radical (unpaired) electrons. The lowest BCUT2D eigenvalue weighted by Crippen LogP contribution is -2.17. The Balaban J connectivity index is 2.49. The first-order valence-electron chi connectivity index (χ1n) is 3.90. The molecule has 8 heteroatoms. The summed E-state index contributed by atoms with van der Waals surface area (Å²) in [5, 5.41) is -0.0708. The van der Waals surface area contributed by atoms with Gasteiger partial charge in [0.2, 0.25) is 0 Å². The molecule has 0 amide bonds. The Morgan fingerprint density at radius 3 is 2.62 bits per heavy atom. The molecule has 0 saturated heterocycles. The van der Waals surface area contributed by atoms with Crippen molar-refractivity contribution < 1.29 is 26.7 Å². The van der Waals surface area contributed by atoms with E-state index in [0.717, 1.165) is 12.1 Å². The maximum absolute atomic E-state index is 13.1. The second-order valence-corrected chi connectivity index (χ2v) is 3.18. The number of alkyl halides is 3. The van der Waals surface area contributed by atoms with Crippen molar-refractivity contribution in [1.29, 1.82) is 0 Å². The summed E-state index contributed by atoms with van der Waals surface area (Å²) in [6, 6.07) is 1.55. The van der Waals surface area contributed by atoms with E-state index in [0.29, 0.717) is 0 Å². The Hall–Kier alpha value is -1.44. The van der Waals surface area contributed by atoms with Crippen LogP contribution in [0.3, 0.4) is 0 Å². The van der Waals surface area contributed by atoms with Crippen LogP contribution in [0.2, 0.25) is 0 Å². The topological polar surface area (TPSA) is 35.3 Å². The molecule has 1 heterocycles. The second-order valence-electron chi connectivity index (χ2n) is 2.79. The van der Waals surface area contributed by atoms with Gasteiger partial charge in [0.15, 0.2) is 17.1 Å². The van der Waals surface area contributed by atoms with Crippen molar-refractivity contribution in [3.63, 3.8) is 0 Å². The average Bonchev–Trinajstić information content (AvgIpc) is 2.42. The molecule has 3 nitrogen and oxygen atoms in total. The van der Waals surface area contributed by atoms with Crippen LogP contribution in [0, 0.1) is 5.82 Å². The third-order valence-corrected chi connectivity index (χ3v) is 1.85. The minimum Gasteiger partial charge on any atom is -0.431 e. The molecule has 0 fully saturated rings. The van der Waals surface area contributed by atoms with Crippen LogP contribution < -0.4 is 4.74 Å². The summed E-state index contributed by atoms with van der Waals surface area (Å²) in [7, 11) is 0. The fourth-order valence-corrected chi connectivity index (χ4v) is 1.33. The fourth-order valence-electron chi connectivity index (χ4n) is 1.12. The summed E-state index contributed by atoms with van der Waals surface area (Å²) >= 11 is 3.73. The summed E-state index contributed by atoms with van der Waals surface area (Å²) in [5.74, 6) is -2.14. The number of hydrogen-bond donors (Lipinski definition) is 1. The van der Waals surface area contributed by atoms with E-state index in [4.69, 9.17) is 4.42 Å². The van der Waals surface area contributed by atoms with Crippen molar-refractivity contribution in [2.45, 2.75) is 11.6 Å². The molecule has 0 aliphatic heterocycles. The molecule has 0 aliphatic carbocycles. The van der Waals surface area contributed by atoms with Gasteiger partial charge in [0, 0.05) is 12.1 Å². The van der Waals surface area contributed by atoms with Crippen molar-refractivity contribution in [2.24, 2.45) is 0 Å². The number of rotatable bonds is 1. The normalized spacial score (nSPS) is 12.1. The predicted molar refractivity (Wildman–Crippen MR) is 47.9 cm³/mol. The lowest BCUT2D eigenvalue weighted by Gasteiger charge is -2.08. The minimum absolute atomic E-state index is 0.00276. The lowest BCUT2D eigenvalue weighted by atomic mass is 10.3. The first-order chi connectivity index (χ1) is 7.35.